The molecule has 19 heavy (non-hydrogen) atoms. The second-order valence-corrected chi connectivity index (χ2v) is 3.76. The maximum atomic E-state index is 12.8. The van der Waals surface area contributed by atoms with E-state index in [9.17, 15) is 9.50 Å². The fourth-order valence-corrected chi connectivity index (χ4v) is 1.61. The Labute approximate surface area is 109 Å². The molecule has 0 bridgehead atoms. The quantitative estimate of drug-likeness (QED) is 0.910. The fraction of sp³-hybridized carbons (Fsp3) is 0.231. The molecule has 1 heterocycles. The third-order valence-electron chi connectivity index (χ3n) is 2.59. The summed E-state index contributed by atoms with van der Waals surface area (Å²) < 4.78 is 22.8. The molecule has 100 valence electrons. The number of hydrogen-bond donors (Lipinski definition) is 1. The van der Waals surface area contributed by atoms with Crippen molar-refractivity contribution in [2.24, 2.45) is 0 Å². The largest absolute Gasteiger partial charge is 0.480 e. The molecular formula is C13H13FN2O3. The van der Waals surface area contributed by atoms with Crippen molar-refractivity contribution >= 4 is 0 Å². The van der Waals surface area contributed by atoms with Gasteiger partial charge in [0.25, 0.3) is 0 Å². The zero-order valence-corrected chi connectivity index (χ0v) is 10.5. The van der Waals surface area contributed by atoms with Gasteiger partial charge in [-0.1, -0.05) is 12.1 Å². The van der Waals surface area contributed by atoms with E-state index in [0.717, 1.165) is 0 Å². The number of aromatic nitrogens is 2. The van der Waals surface area contributed by atoms with E-state index in [0.29, 0.717) is 5.56 Å². The van der Waals surface area contributed by atoms with E-state index in [1.807, 2.05) is 0 Å². The lowest BCUT2D eigenvalue weighted by molar-refractivity contribution is 0.206. The van der Waals surface area contributed by atoms with Gasteiger partial charge in [0.2, 0.25) is 11.8 Å². The number of aliphatic hydroxyl groups is 1. The van der Waals surface area contributed by atoms with Crippen LogP contribution in [-0.4, -0.2) is 29.3 Å². The van der Waals surface area contributed by atoms with Crippen LogP contribution < -0.4 is 9.47 Å². The van der Waals surface area contributed by atoms with Crippen molar-refractivity contribution in [3.05, 3.63) is 47.5 Å². The first-order valence-corrected chi connectivity index (χ1v) is 5.54. The zero-order chi connectivity index (χ0) is 13.8. The van der Waals surface area contributed by atoms with E-state index >= 15 is 0 Å². The molecule has 0 saturated carbocycles. The van der Waals surface area contributed by atoms with Crippen LogP contribution in [-0.2, 0) is 0 Å². The maximum Gasteiger partial charge on any atom is 0.241 e. The molecule has 0 aliphatic heterocycles. The first-order valence-electron chi connectivity index (χ1n) is 5.54. The van der Waals surface area contributed by atoms with Crippen molar-refractivity contribution in [2.45, 2.75) is 6.10 Å². The van der Waals surface area contributed by atoms with E-state index < -0.39 is 6.10 Å². The normalized spacial score (nSPS) is 12.0. The third-order valence-corrected chi connectivity index (χ3v) is 2.59. The summed E-state index contributed by atoms with van der Waals surface area (Å²) in [5, 5.41) is 10.2. The number of methoxy groups -OCH3 is 2. The standard InChI is InChI=1S/C13H13FN2O3/c1-18-10-7-15-11(13(16-10)19-2)12(17)8-3-5-9(14)6-4-8/h3-7,12,17H,1-2H3. The van der Waals surface area contributed by atoms with Gasteiger partial charge in [0.1, 0.15) is 17.6 Å². The number of ether oxygens (including phenoxy) is 2. The Morgan fingerprint density at radius 2 is 1.84 bits per heavy atom. The number of nitrogens with zero attached hydrogens (tertiary/aromatic N) is 2. The van der Waals surface area contributed by atoms with Crippen molar-refractivity contribution in [1.29, 1.82) is 0 Å². The van der Waals surface area contributed by atoms with E-state index in [1.165, 1.54) is 44.7 Å². The van der Waals surface area contributed by atoms with E-state index in [2.05, 4.69) is 9.97 Å². The highest BCUT2D eigenvalue weighted by molar-refractivity contribution is 5.32. The van der Waals surface area contributed by atoms with Crippen molar-refractivity contribution < 1.29 is 19.0 Å². The Hall–Kier alpha value is -2.21. The van der Waals surface area contributed by atoms with Gasteiger partial charge >= 0.3 is 0 Å². The molecule has 1 unspecified atom stereocenters. The van der Waals surface area contributed by atoms with Gasteiger partial charge in [-0.3, -0.25) is 0 Å². The van der Waals surface area contributed by atoms with Crippen molar-refractivity contribution in [2.75, 3.05) is 14.2 Å². The van der Waals surface area contributed by atoms with Crippen LogP contribution in [0.15, 0.2) is 30.5 Å². The smallest absolute Gasteiger partial charge is 0.241 e. The number of aliphatic hydroxyl groups excluding tert-OH is 1. The van der Waals surface area contributed by atoms with Gasteiger partial charge in [0.15, 0.2) is 0 Å². The number of benzene rings is 1. The van der Waals surface area contributed by atoms with E-state index in [1.54, 1.807) is 0 Å². The topological polar surface area (TPSA) is 64.5 Å². The van der Waals surface area contributed by atoms with Crippen LogP contribution in [0, 0.1) is 5.82 Å². The number of hydrogen-bond acceptors (Lipinski definition) is 5. The van der Waals surface area contributed by atoms with Crippen molar-refractivity contribution in [1.82, 2.24) is 9.97 Å². The second-order valence-electron chi connectivity index (χ2n) is 3.76. The van der Waals surface area contributed by atoms with Crippen molar-refractivity contribution in [3.63, 3.8) is 0 Å². The summed E-state index contributed by atoms with van der Waals surface area (Å²) in [5.41, 5.74) is 0.745. The van der Waals surface area contributed by atoms with Crippen LogP contribution in [0.4, 0.5) is 4.39 Å². The van der Waals surface area contributed by atoms with Crippen LogP contribution >= 0.6 is 0 Å². The molecule has 0 radical (unpaired) electrons. The van der Waals surface area contributed by atoms with Crippen LogP contribution in [0.3, 0.4) is 0 Å². The number of halogens is 1. The number of rotatable bonds is 4. The molecule has 0 aliphatic carbocycles. The molecule has 0 aliphatic rings. The summed E-state index contributed by atoms with van der Waals surface area (Å²) in [6, 6.07) is 5.49. The minimum absolute atomic E-state index is 0.163. The molecule has 1 atom stereocenters. The van der Waals surface area contributed by atoms with Crippen LogP contribution in [0.25, 0.3) is 0 Å². The molecule has 0 saturated heterocycles. The Balaban J connectivity index is 2.37. The lowest BCUT2D eigenvalue weighted by Crippen LogP contribution is -2.07. The second kappa shape index (κ2) is 5.62. The summed E-state index contributed by atoms with van der Waals surface area (Å²) >= 11 is 0. The molecule has 1 aromatic heterocycles. The first kappa shape index (κ1) is 13.2. The average molecular weight is 264 g/mol. The molecule has 1 N–H and O–H groups in total. The Kier molecular flexibility index (Phi) is 3.91. The van der Waals surface area contributed by atoms with Gasteiger partial charge in [-0.25, -0.2) is 9.37 Å². The summed E-state index contributed by atoms with van der Waals surface area (Å²) in [4.78, 5) is 8.10. The van der Waals surface area contributed by atoms with Gasteiger partial charge in [-0.2, -0.15) is 4.98 Å². The zero-order valence-electron chi connectivity index (χ0n) is 10.5. The summed E-state index contributed by atoms with van der Waals surface area (Å²) in [5.74, 6) is 0.0758. The first-order chi connectivity index (χ1) is 9.15. The Morgan fingerprint density at radius 1 is 1.16 bits per heavy atom. The minimum atomic E-state index is -1.05. The van der Waals surface area contributed by atoms with Gasteiger partial charge < -0.3 is 14.6 Å². The van der Waals surface area contributed by atoms with Gasteiger partial charge in [-0.15, -0.1) is 0 Å². The summed E-state index contributed by atoms with van der Waals surface area (Å²) in [7, 11) is 2.88. The minimum Gasteiger partial charge on any atom is -0.480 e. The predicted octanol–water partition coefficient (Wildman–Crippen LogP) is 1.71. The highest BCUT2D eigenvalue weighted by atomic mass is 19.1. The Morgan fingerprint density at radius 3 is 2.42 bits per heavy atom. The Bertz CT molecular complexity index is 560. The maximum absolute atomic E-state index is 12.8. The molecule has 2 aromatic rings. The molecule has 0 fully saturated rings. The lowest BCUT2D eigenvalue weighted by atomic mass is 10.1. The van der Waals surface area contributed by atoms with Crippen molar-refractivity contribution in [3.8, 4) is 11.8 Å². The van der Waals surface area contributed by atoms with E-state index in [-0.39, 0.29) is 23.3 Å². The molecule has 2 rings (SSSR count). The van der Waals surface area contributed by atoms with Crippen LogP contribution in [0.5, 0.6) is 11.8 Å². The molecular weight excluding hydrogens is 251 g/mol. The lowest BCUT2D eigenvalue weighted by Gasteiger charge is -2.13. The van der Waals surface area contributed by atoms with Crippen LogP contribution in [0.1, 0.15) is 17.4 Å². The highest BCUT2D eigenvalue weighted by Crippen LogP contribution is 2.28. The highest BCUT2D eigenvalue weighted by Gasteiger charge is 2.19. The van der Waals surface area contributed by atoms with E-state index in [4.69, 9.17) is 9.47 Å². The van der Waals surface area contributed by atoms with Gasteiger partial charge in [-0.05, 0) is 17.7 Å². The van der Waals surface area contributed by atoms with Gasteiger partial charge in [0.05, 0.1) is 20.4 Å². The molecule has 6 heteroatoms. The molecule has 5 nitrogen and oxygen atoms in total. The SMILES string of the molecule is COc1cnc(C(O)c2ccc(F)cc2)c(OC)n1. The monoisotopic (exact) mass is 264 g/mol. The third kappa shape index (κ3) is 2.79. The average Bonchev–Trinajstić information content (AvgIpc) is 2.46. The molecule has 1 aromatic carbocycles. The summed E-state index contributed by atoms with van der Waals surface area (Å²) in [6.45, 7) is 0. The summed E-state index contributed by atoms with van der Waals surface area (Å²) in [6.07, 6.45) is 0.332. The van der Waals surface area contributed by atoms with Crippen LogP contribution in [0.2, 0.25) is 0 Å². The molecule has 0 amide bonds. The van der Waals surface area contributed by atoms with Gasteiger partial charge in [0, 0.05) is 0 Å². The fourth-order valence-electron chi connectivity index (χ4n) is 1.61. The predicted molar refractivity (Wildman–Crippen MR) is 65.6 cm³/mol. The molecule has 0 spiro atoms.